The van der Waals surface area contributed by atoms with E-state index in [1.54, 1.807) is 12.1 Å². The number of nitrogens with zero attached hydrogens (tertiary/aromatic N) is 3. The molecular formula is C22H18FN3O2. The minimum Gasteiger partial charge on any atom is -0.464 e. The number of fused-ring (bicyclic) bond motifs is 1. The van der Waals surface area contributed by atoms with Crippen molar-refractivity contribution in [2.24, 2.45) is 0 Å². The van der Waals surface area contributed by atoms with E-state index in [-0.39, 0.29) is 17.4 Å². The van der Waals surface area contributed by atoms with Crippen molar-refractivity contribution >= 4 is 11.0 Å². The number of rotatable bonds is 4. The Bertz CT molecular complexity index is 1220. The molecule has 0 radical (unpaired) electrons. The highest BCUT2D eigenvalue weighted by Crippen LogP contribution is 2.30. The molecule has 0 amide bonds. The van der Waals surface area contributed by atoms with E-state index in [9.17, 15) is 9.18 Å². The van der Waals surface area contributed by atoms with Crippen LogP contribution >= 0.6 is 0 Å². The molecule has 0 N–H and O–H groups in total. The van der Waals surface area contributed by atoms with Gasteiger partial charge in [-0.25, -0.2) is 4.39 Å². The van der Waals surface area contributed by atoms with Gasteiger partial charge in [-0.15, -0.1) is 0 Å². The van der Waals surface area contributed by atoms with Crippen LogP contribution in [0, 0.1) is 12.7 Å². The summed E-state index contributed by atoms with van der Waals surface area (Å²) in [5, 5.41) is 0.682. The molecule has 0 fully saturated rings. The molecule has 2 aromatic carbocycles. The van der Waals surface area contributed by atoms with E-state index in [1.807, 2.05) is 44.2 Å². The normalized spacial score (nSPS) is 11.0. The van der Waals surface area contributed by atoms with Crippen molar-refractivity contribution in [3.63, 3.8) is 0 Å². The number of para-hydroxylation sites is 1. The second-order valence-electron chi connectivity index (χ2n) is 6.33. The monoisotopic (exact) mass is 375 g/mol. The van der Waals surface area contributed by atoms with Crippen molar-refractivity contribution in [1.29, 1.82) is 0 Å². The molecule has 0 aliphatic heterocycles. The highest BCUT2D eigenvalue weighted by Gasteiger charge is 2.17. The third kappa shape index (κ3) is 3.13. The van der Waals surface area contributed by atoms with Crippen LogP contribution in [-0.2, 0) is 0 Å². The Morgan fingerprint density at radius 3 is 2.54 bits per heavy atom. The number of ether oxygens (including phenoxy) is 1. The van der Waals surface area contributed by atoms with Crippen molar-refractivity contribution in [1.82, 2.24) is 14.5 Å². The third-order valence-corrected chi connectivity index (χ3v) is 4.46. The predicted octanol–water partition coefficient (Wildman–Crippen LogP) is 4.29. The summed E-state index contributed by atoms with van der Waals surface area (Å²) in [7, 11) is 0. The first-order chi connectivity index (χ1) is 13.6. The number of benzene rings is 2. The lowest BCUT2D eigenvalue weighted by atomic mass is 10.0. The highest BCUT2D eigenvalue weighted by molar-refractivity contribution is 5.92. The Hall–Kier alpha value is -3.54. The Morgan fingerprint density at radius 1 is 1.04 bits per heavy atom. The number of aromatic nitrogens is 3. The van der Waals surface area contributed by atoms with Crippen LogP contribution in [0.2, 0.25) is 0 Å². The molecular weight excluding hydrogens is 357 g/mol. The average Bonchev–Trinajstić information content (AvgIpc) is 2.68. The molecule has 4 aromatic rings. The molecule has 6 heteroatoms. The molecule has 5 nitrogen and oxygen atoms in total. The zero-order valence-corrected chi connectivity index (χ0v) is 15.5. The first-order valence-electron chi connectivity index (χ1n) is 8.97. The van der Waals surface area contributed by atoms with Crippen molar-refractivity contribution in [2.75, 3.05) is 6.61 Å². The number of halogens is 1. The lowest BCUT2D eigenvalue weighted by Crippen LogP contribution is -2.19. The maximum absolute atomic E-state index is 13.6. The number of aryl methyl sites for hydroxylation is 1. The fourth-order valence-corrected chi connectivity index (χ4v) is 3.21. The van der Waals surface area contributed by atoms with Gasteiger partial charge in [-0.1, -0.05) is 18.2 Å². The quantitative estimate of drug-likeness (QED) is 0.534. The van der Waals surface area contributed by atoms with Gasteiger partial charge in [-0.2, -0.15) is 9.97 Å². The van der Waals surface area contributed by atoms with E-state index < -0.39 is 0 Å². The van der Waals surface area contributed by atoms with E-state index >= 15 is 0 Å². The van der Waals surface area contributed by atoms with Crippen LogP contribution < -0.4 is 10.3 Å². The third-order valence-electron chi connectivity index (χ3n) is 4.46. The Balaban J connectivity index is 2.10. The molecule has 2 aromatic heterocycles. The lowest BCUT2D eigenvalue weighted by Gasteiger charge is -2.14. The Morgan fingerprint density at radius 2 is 1.82 bits per heavy atom. The summed E-state index contributed by atoms with van der Waals surface area (Å²) >= 11 is 0. The van der Waals surface area contributed by atoms with Crippen LogP contribution in [0.15, 0.2) is 65.5 Å². The molecule has 140 valence electrons. The number of hydrogen-bond donors (Lipinski definition) is 0. The summed E-state index contributed by atoms with van der Waals surface area (Å²) in [6.45, 7) is 4.04. The van der Waals surface area contributed by atoms with Crippen molar-refractivity contribution in [3.05, 3.63) is 82.4 Å². The number of hydrogen-bond acceptors (Lipinski definition) is 4. The second-order valence-corrected chi connectivity index (χ2v) is 6.33. The standard InChI is InChI=1S/C22H18FN3O2/c1-3-28-22-24-20(17-10-9-15(23)13-14(17)2)18-11-12-19(27)26(21(18)25-22)16-7-5-4-6-8-16/h4-13H,3H2,1-2H3. The molecule has 0 saturated carbocycles. The smallest absolute Gasteiger partial charge is 0.318 e. The summed E-state index contributed by atoms with van der Waals surface area (Å²) in [5.74, 6) is -0.314. The molecule has 4 rings (SSSR count). The van der Waals surface area contributed by atoms with Crippen molar-refractivity contribution < 1.29 is 9.13 Å². The topological polar surface area (TPSA) is 57.0 Å². The first kappa shape index (κ1) is 17.9. The van der Waals surface area contributed by atoms with Gasteiger partial charge in [-0.05, 0) is 55.8 Å². The SMILES string of the molecule is CCOc1nc(-c2ccc(F)cc2C)c2ccc(=O)n(-c3ccccc3)c2n1. The first-order valence-corrected chi connectivity index (χ1v) is 8.97. The summed E-state index contributed by atoms with van der Waals surface area (Å²) in [4.78, 5) is 21.7. The Kier molecular flexibility index (Phi) is 4.61. The van der Waals surface area contributed by atoms with Crippen LogP contribution in [0.4, 0.5) is 4.39 Å². The van der Waals surface area contributed by atoms with Crippen LogP contribution in [0.3, 0.4) is 0 Å². The fraction of sp³-hybridized carbons (Fsp3) is 0.136. The zero-order valence-electron chi connectivity index (χ0n) is 15.5. The summed E-state index contributed by atoms with van der Waals surface area (Å²) in [6, 6.07) is 17.2. The molecule has 0 spiro atoms. The predicted molar refractivity (Wildman–Crippen MR) is 106 cm³/mol. The molecule has 2 heterocycles. The minimum absolute atomic E-state index is 0.170. The molecule has 0 unspecified atom stereocenters. The van der Waals surface area contributed by atoms with Gasteiger partial charge in [0.15, 0.2) is 5.65 Å². The summed E-state index contributed by atoms with van der Waals surface area (Å²) < 4.78 is 20.7. The van der Waals surface area contributed by atoms with E-state index in [1.165, 1.54) is 22.8 Å². The van der Waals surface area contributed by atoms with E-state index in [2.05, 4.69) is 9.97 Å². The fourth-order valence-electron chi connectivity index (χ4n) is 3.21. The van der Waals surface area contributed by atoms with Crippen LogP contribution in [0.5, 0.6) is 6.01 Å². The molecule has 0 atom stereocenters. The van der Waals surface area contributed by atoms with Crippen LogP contribution in [0.1, 0.15) is 12.5 Å². The lowest BCUT2D eigenvalue weighted by molar-refractivity contribution is 0.314. The Labute approximate surface area is 161 Å². The molecule has 0 aliphatic carbocycles. The van der Waals surface area contributed by atoms with Gasteiger partial charge in [0.1, 0.15) is 5.82 Å². The zero-order chi connectivity index (χ0) is 19.7. The van der Waals surface area contributed by atoms with E-state index in [0.29, 0.717) is 29.0 Å². The van der Waals surface area contributed by atoms with E-state index in [4.69, 9.17) is 4.74 Å². The molecule has 0 saturated heterocycles. The van der Waals surface area contributed by atoms with Gasteiger partial charge in [-0.3, -0.25) is 9.36 Å². The minimum atomic E-state index is -0.314. The molecule has 28 heavy (non-hydrogen) atoms. The van der Waals surface area contributed by atoms with Gasteiger partial charge in [0, 0.05) is 17.0 Å². The maximum atomic E-state index is 13.6. The molecule has 0 aliphatic rings. The summed E-state index contributed by atoms with van der Waals surface area (Å²) in [6.07, 6.45) is 0. The summed E-state index contributed by atoms with van der Waals surface area (Å²) in [5.41, 5.74) is 3.02. The van der Waals surface area contributed by atoms with Crippen LogP contribution in [0.25, 0.3) is 28.0 Å². The highest BCUT2D eigenvalue weighted by atomic mass is 19.1. The van der Waals surface area contributed by atoms with Crippen molar-refractivity contribution in [2.45, 2.75) is 13.8 Å². The largest absolute Gasteiger partial charge is 0.464 e. The second kappa shape index (κ2) is 7.23. The van der Waals surface area contributed by atoms with Gasteiger partial charge >= 0.3 is 6.01 Å². The van der Waals surface area contributed by atoms with E-state index in [0.717, 1.165) is 11.1 Å². The van der Waals surface area contributed by atoms with Crippen molar-refractivity contribution in [3.8, 4) is 23.0 Å². The maximum Gasteiger partial charge on any atom is 0.318 e. The van der Waals surface area contributed by atoms with Crippen LogP contribution in [-0.4, -0.2) is 21.1 Å². The molecule has 0 bridgehead atoms. The van der Waals surface area contributed by atoms with Gasteiger partial charge < -0.3 is 4.74 Å². The van der Waals surface area contributed by atoms with Gasteiger partial charge in [0.2, 0.25) is 0 Å². The average molecular weight is 375 g/mol. The number of pyridine rings is 1. The van der Waals surface area contributed by atoms with Gasteiger partial charge in [0.25, 0.3) is 5.56 Å². The van der Waals surface area contributed by atoms with Gasteiger partial charge in [0.05, 0.1) is 18.0 Å².